The molecule has 5 nitrogen and oxygen atoms in total. The van der Waals surface area contributed by atoms with Gasteiger partial charge in [-0.25, -0.2) is 9.78 Å². The van der Waals surface area contributed by atoms with Crippen LogP contribution in [0.5, 0.6) is 0 Å². The maximum Gasteiger partial charge on any atom is 0.339 e. The fraction of sp³-hybridized carbons (Fsp3) is 0.455. The number of benzene rings is 1. The van der Waals surface area contributed by atoms with Gasteiger partial charge in [0.05, 0.1) is 0 Å². The van der Waals surface area contributed by atoms with E-state index < -0.39 is 5.97 Å². The van der Waals surface area contributed by atoms with Crippen molar-refractivity contribution < 1.29 is 9.90 Å². The normalized spacial score (nSPS) is 22.6. The van der Waals surface area contributed by atoms with Gasteiger partial charge in [0.25, 0.3) is 0 Å². The van der Waals surface area contributed by atoms with Gasteiger partial charge in [-0.15, -0.1) is 0 Å². The second-order valence-corrected chi connectivity index (χ2v) is 7.71. The van der Waals surface area contributed by atoms with Crippen molar-refractivity contribution in [3.63, 3.8) is 0 Å². The molecule has 5 heteroatoms. The number of pyridine rings is 1. The number of nitrogens with zero attached hydrogens (tertiary/aromatic N) is 2. The number of aromatic carboxylic acids is 1. The number of piperidine rings is 1. The summed E-state index contributed by atoms with van der Waals surface area (Å²) in [6.45, 7) is 2.85. The lowest BCUT2D eigenvalue weighted by molar-refractivity contribution is 0.0697. The zero-order chi connectivity index (χ0) is 18.6. The van der Waals surface area contributed by atoms with Crippen molar-refractivity contribution >= 4 is 11.8 Å². The second kappa shape index (κ2) is 8.09. The summed E-state index contributed by atoms with van der Waals surface area (Å²) in [7, 11) is 0. The number of carboxylic acids is 1. The van der Waals surface area contributed by atoms with E-state index in [-0.39, 0.29) is 0 Å². The predicted octanol–water partition coefficient (Wildman–Crippen LogP) is 3.53. The van der Waals surface area contributed by atoms with Crippen molar-refractivity contribution in [2.45, 2.75) is 37.6 Å². The molecule has 0 spiro atoms. The summed E-state index contributed by atoms with van der Waals surface area (Å²) in [4.78, 5) is 17.8. The molecule has 2 N–H and O–H groups in total. The Morgan fingerprint density at radius 3 is 2.67 bits per heavy atom. The van der Waals surface area contributed by atoms with E-state index in [0.717, 1.165) is 32.5 Å². The molecule has 2 atom stereocenters. The summed E-state index contributed by atoms with van der Waals surface area (Å²) in [5.41, 5.74) is 1.76. The van der Waals surface area contributed by atoms with Crippen molar-refractivity contribution in [2.75, 3.05) is 24.5 Å². The Morgan fingerprint density at radius 2 is 1.93 bits per heavy atom. The zero-order valence-electron chi connectivity index (χ0n) is 15.6. The van der Waals surface area contributed by atoms with Gasteiger partial charge in [-0.2, -0.15) is 0 Å². The lowest BCUT2D eigenvalue weighted by Gasteiger charge is -2.33. The molecule has 1 aliphatic carbocycles. The third kappa shape index (κ3) is 4.30. The van der Waals surface area contributed by atoms with E-state index in [4.69, 9.17) is 0 Å². The number of carbonyl (C=O) groups is 1. The number of anilines is 1. The van der Waals surface area contributed by atoms with Crippen molar-refractivity contribution in [2.24, 2.45) is 5.92 Å². The minimum atomic E-state index is -0.901. The van der Waals surface area contributed by atoms with E-state index in [2.05, 4.69) is 45.5 Å². The Hall–Kier alpha value is -2.40. The monoisotopic (exact) mass is 365 g/mol. The van der Waals surface area contributed by atoms with Gasteiger partial charge in [-0.1, -0.05) is 30.3 Å². The van der Waals surface area contributed by atoms with E-state index in [9.17, 15) is 9.90 Å². The molecule has 1 saturated heterocycles. The average Bonchev–Trinajstić information content (AvgIpc) is 3.49. The first kappa shape index (κ1) is 18.0. The number of nitrogens with one attached hydrogen (secondary N) is 1. The Balaban J connectivity index is 1.20. The van der Waals surface area contributed by atoms with Crippen LogP contribution in [-0.4, -0.2) is 41.7 Å². The van der Waals surface area contributed by atoms with Gasteiger partial charge < -0.3 is 15.3 Å². The highest BCUT2D eigenvalue weighted by atomic mass is 16.4. The third-order valence-corrected chi connectivity index (χ3v) is 5.91. The number of hydrogen-bond donors (Lipinski definition) is 2. The summed E-state index contributed by atoms with van der Waals surface area (Å²) in [5, 5.41) is 13.1. The molecule has 2 aromatic rings. The first-order valence-corrected chi connectivity index (χ1v) is 9.94. The van der Waals surface area contributed by atoms with Crippen LogP contribution in [0.25, 0.3) is 0 Å². The van der Waals surface area contributed by atoms with E-state index in [1.54, 1.807) is 18.3 Å². The number of rotatable bonds is 7. The lowest BCUT2D eigenvalue weighted by atomic mass is 9.93. The van der Waals surface area contributed by atoms with Gasteiger partial charge >= 0.3 is 5.97 Å². The number of carboxylic acid groups (broad SMARTS) is 1. The number of aromatic nitrogens is 1. The highest BCUT2D eigenvalue weighted by Gasteiger charge is 2.37. The molecule has 0 unspecified atom stereocenters. The van der Waals surface area contributed by atoms with E-state index in [1.165, 1.54) is 18.4 Å². The van der Waals surface area contributed by atoms with Gasteiger partial charge in [0, 0.05) is 31.2 Å². The van der Waals surface area contributed by atoms with Crippen LogP contribution in [0, 0.1) is 5.92 Å². The molecule has 2 heterocycles. The Bertz CT molecular complexity index is 772. The fourth-order valence-electron chi connectivity index (χ4n) is 4.21. The Kier molecular flexibility index (Phi) is 5.39. The highest BCUT2D eigenvalue weighted by molar-refractivity contribution is 5.93. The van der Waals surface area contributed by atoms with Crippen LogP contribution >= 0.6 is 0 Å². The molecule has 1 aromatic carbocycles. The van der Waals surface area contributed by atoms with Crippen molar-refractivity contribution in [1.29, 1.82) is 0 Å². The van der Waals surface area contributed by atoms with Crippen LogP contribution in [0.15, 0.2) is 48.7 Å². The van der Waals surface area contributed by atoms with E-state index in [0.29, 0.717) is 29.3 Å². The zero-order valence-corrected chi connectivity index (χ0v) is 15.6. The molecular weight excluding hydrogens is 338 g/mol. The standard InChI is InChI=1S/C22H27N3O2/c26-22(27)18-7-4-11-24-21(18)25-13-9-16(10-14-25)8-12-23-20-15-19(20)17-5-2-1-3-6-17/h1-7,11,16,19-20,23H,8-10,12-15H2,(H,26,27)/t19-,20+/m0/s1. The highest BCUT2D eigenvalue weighted by Crippen LogP contribution is 2.40. The van der Waals surface area contributed by atoms with Gasteiger partial charge in [-0.05, 0) is 55.8 Å². The smallest absolute Gasteiger partial charge is 0.339 e. The molecule has 0 bridgehead atoms. The van der Waals surface area contributed by atoms with Crippen LogP contribution in [0.1, 0.15) is 47.5 Å². The van der Waals surface area contributed by atoms with Crippen LogP contribution in [-0.2, 0) is 0 Å². The molecule has 2 aliphatic rings. The Labute approximate surface area is 160 Å². The third-order valence-electron chi connectivity index (χ3n) is 5.91. The summed E-state index contributed by atoms with van der Waals surface area (Å²) in [6, 6.07) is 14.7. The van der Waals surface area contributed by atoms with Gasteiger partial charge in [-0.3, -0.25) is 0 Å². The van der Waals surface area contributed by atoms with Crippen LogP contribution < -0.4 is 10.2 Å². The molecule has 0 radical (unpaired) electrons. The van der Waals surface area contributed by atoms with Gasteiger partial charge in [0.2, 0.25) is 0 Å². The van der Waals surface area contributed by atoms with Crippen molar-refractivity contribution in [3.05, 3.63) is 59.8 Å². The van der Waals surface area contributed by atoms with E-state index in [1.807, 2.05) is 0 Å². The maximum atomic E-state index is 11.4. The van der Waals surface area contributed by atoms with Gasteiger partial charge in [0.15, 0.2) is 0 Å². The molecule has 1 aromatic heterocycles. The van der Waals surface area contributed by atoms with Crippen LogP contribution in [0.3, 0.4) is 0 Å². The summed E-state index contributed by atoms with van der Waals surface area (Å²) in [6.07, 6.45) is 6.32. The molecule has 27 heavy (non-hydrogen) atoms. The summed E-state index contributed by atoms with van der Waals surface area (Å²) >= 11 is 0. The molecule has 2 fully saturated rings. The van der Waals surface area contributed by atoms with E-state index >= 15 is 0 Å². The first-order chi connectivity index (χ1) is 13.2. The first-order valence-electron chi connectivity index (χ1n) is 9.94. The maximum absolute atomic E-state index is 11.4. The molecule has 0 amide bonds. The molecule has 4 rings (SSSR count). The van der Waals surface area contributed by atoms with Crippen LogP contribution in [0.4, 0.5) is 5.82 Å². The molecule has 142 valence electrons. The topological polar surface area (TPSA) is 65.5 Å². The van der Waals surface area contributed by atoms with Crippen molar-refractivity contribution in [1.82, 2.24) is 10.3 Å². The lowest BCUT2D eigenvalue weighted by Crippen LogP contribution is -2.36. The average molecular weight is 365 g/mol. The minimum Gasteiger partial charge on any atom is -0.478 e. The summed E-state index contributed by atoms with van der Waals surface area (Å²) < 4.78 is 0. The fourth-order valence-corrected chi connectivity index (χ4v) is 4.21. The second-order valence-electron chi connectivity index (χ2n) is 7.71. The largest absolute Gasteiger partial charge is 0.478 e. The number of hydrogen-bond acceptors (Lipinski definition) is 4. The SMILES string of the molecule is O=C(O)c1cccnc1N1CCC(CCN[C@@H]2C[C@H]2c2ccccc2)CC1. The molecule has 1 aliphatic heterocycles. The summed E-state index contributed by atoms with van der Waals surface area (Å²) in [5.74, 6) is 1.11. The van der Waals surface area contributed by atoms with Crippen LogP contribution in [0.2, 0.25) is 0 Å². The van der Waals surface area contributed by atoms with Gasteiger partial charge in [0.1, 0.15) is 11.4 Å². The predicted molar refractivity (Wildman–Crippen MR) is 106 cm³/mol. The molecular formula is C22H27N3O2. The Morgan fingerprint density at radius 1 is 1.15 bits per heavy atom. The molecule has 1 saturated carbocycles. The quantitative estimate of drug-likeness (QED) is 0.786. The minimum absolute atomic E-state index is 0.304. The van der Waals surface area contributed by atoms with Crippen molar-refractivity contribution in [3.8, 4) is 0 Å².